The molecule has 6 unspecified atom stereocenters. The Hall–Kier alpha value is -3.58. The zero-order chi connectivity index (χ0) is 56.1. The van der Waals surface area contributed by atoms with Crippen LogP contribution in [0.3, 0.4) is 0 Å². The minimum Gasteiger partial charge on any atom is -0.479 e. The largest absolute Gasteiger partial charge is 0.479 e. The third-order valence-electron chi connectivity index (χ3n) is 14.1. The van der Waals surface area contributed by atoms with Crippen molar-refractivity contribution in [3.63, 3.8) is 0 Å². The Labute approximate surface area is 468 Å². The molecule has 1 rings (SSSR count). The SMILES string of the molecule is CC/C=C\C/C=C\C/C=C\CCCCCCCC(=O)OCC(COC1OC(C(=O)O)C(O)C(O)C1OC(=O)CCCCCCCCCCC/C=C\C/C=C\CCCCC)OC(=O)CCCCCCCCCCCCCCC. The number of carbonyl (C=O) groups excluding carboxylic acids is 3. The summed E-state index contributed by atoms with van der Waals surface area (Å²) in [5.74, 6) is -3.13. The number of unbranched alkanes of at least 4 members (excludes halogenated alkanes) is 29. The minimum absolute atomic E-state index is 0.0547. The highest BCUT2D eigenvalue weighted by Gasteiger charge is 2.50. The van der Waals surface area contributed by atoms with E-state index in [1.165, 1.54) is 109 Å². The molecule has 77 heavy (non-hydrogen) atoms. The number of aliphatic hydroxyl groups is 2. The lowest BCUT2D eigenvalue weighted by atomic mass is 9.98. The van der Waals surface area contributed by atoms with Gasteiger partial charge in [-0.1, -0.05) is 236 Å². The Morgan fingerprint density at radius 2 is 0.818 bits per heavy atom. The van der Waals surface area contributed by atoms with E-state index in [1.54, 1.807) is 0 Å². The van der Waals surface area contributed by atoms with Crippen LogP contribution < -0.4 is 0 Å². The van der Waals surface area contributed by atoms with E-state index in [9.17, 15) is 34.5 Å². The second-order valence-electron chi connectivity index (χ2n) is 21.3. The van der Waals surface area contributed by atoms with Crippen molar-refractivity contribution in [1.82, 2.24) is 0 Å². The summed E-state index contributed by atoms with van der Waals surface area (Å²) in [6.45, 7) is 5.86. The van der Waals surface area contributed by atoms with Crippen molar-refractivity contribution in [3.8, 4) is 0 Å². The highest BCUT2D eigenvalue weighted by Crippen LogP contribution is 2.27. The predicted molar refractivity (Wildman–Crippen MR) is 312 cm³/mol. The Kier molecular flexibility index (Phi) is 49.2. The number of allylic oxidation sites excluding steroid dienone is 10. The van der Waals surface area contributed by atoms with Gasteiger partial charge < -0.3 is 39.0 Å². The van der Waals surface area contributed by atoms with Gasteiger partial charge in [-0.15, -0.1) is 0 Å². The van der Waals surface area contributed by atoms with Crippen LogP contribution in [0.2, 0.25) is 0 Å². The van der Waals surface area contributed by atoms with Crippen molar-refractivity contribution >= 4 is 23.9 Å². The van der Waals surface area contributed by atoms with Crippen LogP contribution in [-0.4, -0.2) is 89.2 Å². The molecule has 0 spiro atoms. The number of carboxylic acid groups (broad SMARTS) is 1. The van der Waals surface area contributed by atoms with E-state index in [1.807, 2.05) is 0 Å². The molecule has 0 saturated carbocycles. The van der Waals surface area contributed by atoms with Gasteiger partial charge in [0, 0.05) is 19.3 Å². The quantitative estimate of drug-likeness (QED) is 0.0228. The van der Waals surface area contributed by atoms with Gasteiger partial charge in [0.25, 0.3) is 0 Å². The number of esters is 3. The van der Waals surface area contributed by atoms with Crippen molar-refractivity contribution in [2.75, 3.05) is 13.2 Å². The van der Waals surface area contributed by atoms with Crippen LogP contribution in [0, 0.1) is 0 Å². The van der Waals surface area contributed by atoms with Crippen molar-refractivity contribution in [1.29, 1.82) is 0 Å². The third-order valence-corrected chi connectivity index (χ3v) is 14.1. The topological polar surface area (TPSA) is 175 Å². The maximum atomic E-state index is 13.2. The second kappa shape index (κ2) is 53.1. The van der Waals surface area contributed by atoms with Gasteiger partial charge in [-0.2, -0.15) is 0 Å². The molecule has 0 bridgehead atoms. The molecule has 1 fully saturated rings. The van der Waals surface area contributed by atoms with E-state index in [0.717, 1.165) is 109 Å². The number of aliphatic carboxylic acids is 1. The van der Waals surface area contributed by atoms with E-state index in [-0.39, 0.29) is 25.9 Å². The van der Waals surface area contributed by atoms with Crippen molar-refractivity contribution in [2.24, 2.45) is 0 Å². The summed E-state index contributed by atoms with van der Waals surface area (Å²) in [5, 5.41) is 31.5. The molecule has 0 aromatic rings. The van der Waals surface area contributed by atoms with Crippen LogP contribution in [-0.2, 0) is 42.9 Å². The molecule has 1 aliphatic rings. The zero-order valence-electron chi connectivity index (χ0n) is 49.0. The van der Waals surface area contributed by atoms with Crippen LogP contribution in [0.25, 0.3) is 0 Å². The third kappa shape index (κ3) is 43.0. The molecule has 1 saturated heterocycles. The number of carboxylic acids is 1. The Bertz CT molecular complexity index is 1570. The Balaban J connectivity index is 2.66. The van der Waals surface area contributed by atoms with Gasteiger partial charge in [0.05, 0.1) is 6.61 Å². The number of hydrogen-bond donors (Lipinski definition) is 3. The lowest BCUT2D eigenvalue weighted by Gasteiger charge is -2.40. The van der Waals surface area contributed by atoms with Crippen molar-refractivity contribution < 1.29 is 58.2 Å². The standard InChI is InChI=1S/C65H112O12/c1-4-7-10-13-16-19-22-25-27-28-29-30-32-35-38-41-44-47-50-53-59(68)76-63-61(70)60(69)62(64(71)72)77-65(63)74-55-56(75-58(67)52-49-46-43-40-37-33-24-21-18-15-12-9-6-3)54-73-57(66)51-48-45-42-39-36-34-31-26-23-20-17-14-11-8-5-2/h8,11,16-17,19-20,25-27,31,56,60-63,65,69-70H,4-7,9-10,12-15,18,21-24,28-30,32-55H2,1-3H3,(H,71,72)/b11-8-,19-16-,20-17-,27-25-,31-26-. The second-order valence-corrected chi connectivity index (χ2v) is 21.3. The van der Waals surface area contributed by atoms with Gasteiger partial charge >= 0.3 is 23.9 Å². The van der Waals surface area contributed by atoms with Crippen LogP contribution in [0.5, 0.6) is 0 Å². The molecule has 0 radical (unpaired) electrons. The van der Waals surface area contributed by atoms with Gasteiger partial charge in [0.2, 0.25) is 0 Å². The van der Waals surface area contributed by atoms with Gasteiger partial charge in [-0.25, -0.2) is 4.79 Å². The number of rotatable bonds is 53. The predicted octanol–water partition coefficient (Wildman–Crippen LogP) is 16.3. The lowest BCUT2D eigenvalue weighted by molar-refractivity contribution is -0.301. The van der Waals surface area contributed by atoms with Gasteiger partial charge in [-0.05, 0) is 83.5 Å². The number of carbonyl (C=O) groups is 4. The number of aliphatic hydroxyl groups excluding tert-OH is 2. The fourth-order valence-electron chi connectivity index (χ4n) is 9.30. The number of hydrogen-bond acceptors (Lipinski definition) is 11. The molecular formula is C65H112O12. The molecule has 444 valence electrons. The summed E-state index contributed by atoms with van der Waals surface area (Å²) < 4.78 is 28.5. The van der Waals surface area contributed by atoms with Crippen LogP contribution in [0.1, 0.15) is 278 Å². The summed E-state index contributed by atoms with van der Waals surface area (Å²) >= 11 is 0. The summed E-state index contributed by atoms with van der Waals surface area (Å²) in [4.78, 5) is 51.2. The van der Waals surface area contributed by atoms with E-state index in [4.69, 9.17) is 23.7 Å². The first-order valence-electron chi connectivity index (χ1n) is 31.3. The van der Waals surface area contributed by atoms with Crippen LogP contribution in [0.15, 0.2) is 60.8 Å². The van der Waals surface area contributed by atoms with Crippen LogP contribution >= 0.6 is 0 Å². The first-order valence-corrected chi connectivity index (χ1v) is 31.3. The van der Waals surface area contributed by atoms with E-state index < -0.39 is 67.3 Å². The lowest BCUT2D eigenvalue weighted by Crippen LogP contribution is -2.61. The monoisotopic (exact) mass is 1080 g/mol. The Morgan fingerprint density at radius 1 is 0.442 bits per heavy atom. The van der Waals surface area contributed by atoms with Gasteiger partial charge in [0.15, 0.2) is 24.6 Å². The average Bonchev–Trinajstić information content (AvgIpc) is 3.42. The molecule has 1 aliphatic heterocycles. The average molecular weight is 1090 g/mol. The summed E-state index contributed by atoms with van der Waals surface area (Å²) in [5.41, 5.74) is 0. The van der Waals surface area contributed by atoms with Crippen LogP contribution in [0.4, 0.5) is 0 Å². The summed E-state index contributed by atoms with van der Waals surface area (Å²) in [6.07, 6.45) is 53.2. The molecule has 12 heteroatoms. The molecule has 0 amide bonds. The fourth-order valence-corrected chi connectivity index (χ4v) is 9.30. The summed E-state index contributed by atoms with van der Waals surface area (Å²) in [6, 6.07) is 0. The highest BCUT2D eigenvalue weighted by molar-refractivity contribution is 5.74. The van der Waals surface area contributed by atoms with E-state index in [0.29, 0.717) is 19.3 Å². The first kappa shape index (κ1) is 71.4. The molecule has 6 atom stereocenters. The molecule has 12 nitrogen and oxygen atoms in total. The van der Waals surface area contributed by atoms with E-state index in [2.05, 4.69) is 81.5 Å². The van der Waals surface area contributed by atoms with Gasteiger partial charge in [-0.3, -0.25) is 14.4 Å². The van der Waals surface area contributed by atoms with Crippen molar-refractivity contribution in [3.05, 3.63) is 60.8 Å². The normalized spacial score (nSPS) is 18.4. The molecule has 0 aliphatic carbocycles. The van der Waals surface area contributed by atoms with Gasteiger partial charge in [0.1, 0.15) is 18.8 Å². The molecular weight excluding hydrogens is 973 g/mol. The number of ether oxygens (including phenoxy) is 5. The van der Waals surface area contributed by atoms with Crippen molar-refractivity contribution in [2.45, 2.75) is 314 Å². The minimum atomic E-state index is -1.91. The maximum Gasteiger partial charge on any atom is 0.335 e. The Morgan fingerprint density at radius 3 is 1.27 bits per heavy atom. The molecule has 0 aromatic carbocycles. The molecule has 3 N–H and O–H groups in total. The first-order chi connectivity index (χ1) is 37.6. The van der Waals surface area contributed by atoms with E-state index >= 15 is 0 Å². The summed E-state index contributed by atoms with van der Waals surface area (Å²) in [7, 11) is 0. The fraction of sp³-hybridized carbons (Fsp3) is 0.785. The zero-order valence-corrected chi connectivity index (χ0v) is 49.0. The smallest absolute Gasteiger partial charge is 0.335 e. The highest BCUT2D eigenvalue weighted by atomic mass is 16.7. The molecule has 1 heterocycles. The molecule has 0 aromatic heterocycles. The maximum absolute atomic E-state index is 13.2.